The second-order valence-corrected chi connectivity index (χ2v) is 5.95. The largest absolute Gasteiger partial charge is 0.497 e. The summed E-state index contributed by atoms with van der Waals surface area (Å²) >= 11 is 6.10. The molecule has 0 N–H and O–H groups in total. The number of hydrogen-bond donors (Lipinski definition) is 0. The van der Waals surface area contributed by atoms with E-state index in [0.29, 0.717) is 22.8 Å². The Kier molecular flexibility index (Phi) is 5.44. The molecule has 3 nitrogen and oxygen atoms in total. The number of benzene rings is 1. The van der Waals surface area contributed by atoms with E-state index in [1.807, 2.05) is 0 Å². The topological polar surface area (TPSA) is 29.5 Å². The van der Waals surface area contributed by atoms with Gasteiger partial charge in [0, 0.05) is 18.5 Å². The van der Waals surface area contributed by atoms with Gasteiger partial charge in [-0.1, -0.05) is 18.5 Å². The molecule has 4 heteroatoms. The second kappa shape index (κ2) is 7.09. The Bertz CT molecular complexity index is 468. The first-order valence-electron chi connectivity index (χ1n) is 7.19. The molecule has 0 spiro atoms. The number of halogens is 1. The van der Waals surface area contributed by atoms with Gasteiger partial charge in [-0.3, -0.25) is 4.79 Å². The van der Waals surface area contributed by atoms with E-state index in [1.54, 1.807) is 25.3 Å². The van der Waals surface area contributed by atoms with Crippen LogP contribution in [0.1, 0.15) is 36.5 Å². The first kappa shape index (κ1) is 15.3. The summed E-state index contributed by atoms with van der Waals surface area (Å²) in [6, 6.07) is 5.21. The molecule has 1 aliphatic rings. The van der Waals surface area contributed by atoms with Crippen LogP contribution in [-0.4, -0.2) is 37.4 Å². The highest BCUT2D eigenvalue weighted by Gasteiger charge is 2.18. The monoisotopic (exact) mass is 295 g/mol. The van der Waals surface area contributed by atoms with Gasteiger partial charge in [0.25, 0.3) is 0 Å². The van der Waals surface area contributed by atoms with Gasteiger partial charge >= 0.3 is 0 Å². The van der Waals surface area contributed by atoms with Gasteiger partial charge in [-0.2, -0.15) is 0 Å². The number of carbonyl (C=O) groups is 1. The minimum atomic E-state index is 0.0903. The predicted octanol–water partition coefficient (Wildman–Crippen LogP) is 3.65. The van der Waals surface area contributed by atoms with Crippen LogP contribution in [0.3, 0.4) is 0 Å². The SMILES string of the molecule is COc1ccc(Cl)c(C(=O)CCN2CCC(C)CC2)c1. The molecular weight excluding hydrogens is 274 g/mol. The molecular formula is C16H22ClNO2. The number of rotatable bonds is 5. The fourth-order valence-electron chi connectivity index (χ4n) is 2.53. The first-order valence-corrected chi connectivity index (χ1v) is 7.57. The van der Waals surface area contributed by atoms with Crippen molar-refractivity contribution in [2.24, 2.45) is 5.92 Å². The maximum atomic E-state index is 12.3. The average molecular weight is 296 g/mol. The normalized spacial score (nSPS) is 17.1. The zero-order valence-electron chi connectivity index (χ0n) is 12.2. The molecule has 1 aromatic carbocycles. The van der Waals surface area contributed by atoms with E-state index in [4.69, 9.17) is 16.3 Å². The summed E-state index contributed by atoms with van der Waals surface area (Å²) in [7, 11) is 1.59. The van der Waals surface area contributed by atoms with Crippen molar-refractivity contribution in [3.05, 3.63) is 28.8 Å². The number of piperidine rings is 1. The summed E-state index contributed by atoms with van der Waals surface area (Å²) in [5.74, 6) is 1.58. The van der Waals surface area contributed by atoms with E-state index >= 15 is 0 Å². The van der Waals surface area contributed by atoms with Crippen molar-refractivity contribution in [2.75, 3.05) is 26.7 Å². The number of hydrogen-bond acceptors (Lipinski definition) is 3. The number of Topliss-reactive ketones (excluding diaryl/α,β-unsaturated/α-hetero) is 1. The van der Waals surface area contributed by atoms with E-state index in [9.17, 15) is 4.79 Å². The van der Waals surface area contributed by atoms with Gasteiger partial charge < -0.3 is 9.64 Å². The van der Waals surface area contributed by atoms with Gasteiger partial charge in [0.1, 0.15) is 5.75 Å². The zero-order valence-corrected chi connectivity index (χ0v) is 12.9. The average Bonchev–Trinajstić information content (AvgIpc) is 2.47. The Morgan fingerprint density at radius 2 is 2.10 bits per heavy atom. The molecule has 0 unspecified atom stereocenters. The fraction of sp³-hybridized carbons (Fsp3) is 0.562. The van der Waals surface area contributed by atoms with E-state index in [0.717, 1.165) is 25.6 Å². The summed E-state index contributed by atoms with van der Waals surface area (Å²) in [4.78, 5) is 14.6. The van der Waals surface area contributed by atoms with Gasteiger partial charge in [0.2, 0.25) is 0 Å². The van der Waals surface area contributed by atoms with Crippen LogP contribution in [0.15, 0.2) is 18.2 Å². The lowest BCUT2D eigenvalue weighted by atomic mass is 9.99. The van der Waals surface area contributed by atoms with Crippen LogP contribution in [0, 0.1) is 5.92 Å². The lowest BCUT2D eigenvalue weighted by Gasteiger charge is -2.29. The molecule has 0 saturated carbocycles. The lowest BCUT2D eigenvalue weighted by molar-refractivity contribution is 0.0952. The highest BCUT2D eigenvalue weighted by atomic mass is 35.5. The van der Waals surface area contributed by atoms with Crippen molar-refractivity contribution in [3.63, 3.8) is 0 Å². The molecule has 0 bridgehead atoms. The van der Waals surface area contributed by atoms with Crippen LogP contribution in [0.25, 0.3) is 0 Å². The van der Waals surface area contributed by atoms with Crippen LogP contribution in [0.5, 0.6) is 5.75 Å². The minimum absolute atomic E-state index is 0.0903. The molecule has 1 saturated heterocycles. The molecule has 0 radical (unpaired) electrons. The molecule has 1 aromatic rings. The van der Waals surface area contributed by atoms with E-state index in [-0.39, 0.29) is 5.78 Å². The summed E-state index contributed by atoms with van der Waals surface area (Å²) in [5.41, 5.74) is 0.566. The second-order valence-electron chi connectivity index (χ2n) is 5.54. The predicted molar refractivity (Wildman–Crippen MR) is 81.8 cm³/mol. The number of likely N-dealkylation sites (tertiary alicyclic amines) is 1. The van der Waals surface area contributed by atoms with Crippen molar-refractivity contribution in [3.8, 4) is 5.75 Å². The zero-order chi connectivity index (χ0) is 14.5. The van der Waals surface area contributed by atoms with Gasteiger partial charge in [-0.15, -0.1) is 0 Å². The van der Waals surface area contributed by atoms with Crippen molar-refractivity contribution in [1.29, 1.82) is 0 Å². The number of methoxy groups -OCH3 is 1. The van der Waals surface area contributed by atoms with Crippen LogP contribution < -0.4 is 4.74 Å². The Labute approximate surface area is 125 Å². The van der Waals surface area contributed by atoms with Crippen LogP contribution in [0.4, 0.5) is 0 Å². The van der Waals surface area contributed by atoms with E-state index in [2.05, 4.69) is 11.8 Å². The van der Waals surface area contributed by atoms with E-state index < -0.39 is 0 Å². The third-order valence-corrected chi connectivity index (χ3v) is 4.33. The Morgan fingerprint density at radius 1 is 1.40 bits per heavy atom. The quantitative estimate of drug-likeness (QED) is 0.777. The maximum absolute atomic E-state index is 12.3. The number of carbonyl (C=O) groups excluding carboxylic acids is 1. The van der Waals surface area contributed by atoms with Crippen LogP contribution in [-0.2, 0) is 0 Å². The van der Waals surface area contributed by atoms with Crippen LogP contribution >= 0.6 is 11.6 Å². The molecule has 0 atom stereocenters. The Balaban J connectivity index is 1.91. The lowest BCUT2D eigenvalue weighted by Crippen LogP contribution is -2.34. The molecule has 0 amide bonds. The minimum Gasteiger partial charge on any atom is -0.497 e. The van der Waals surface area contributed by atoms with Crippen molar-refractivity contribution < 1.29 is 9.53 Å². The van der Waals surface area contributed by atoms with Crippen molar-refractivity contribution in [2.45, 2.75) is 26.2 Å². The fourth-order valence-corrected chi connectivity index (χ4v) is 2.75. The van der Waals surface area contributed by atoms with E-state index in [1.165, 1.54) is 12.8 Å². The summed E-state index contributed by atoms with van der Waals surface area (Å²) in [6.07, 6.45) is 2.98. The molecule has 1 heterocycles. The standard InChI is InChI=1S/C16H22ClNO2/c1-12-5-8-18(9-6-12)10-7-16(19)14-11-13(20-2)3-4-15(14)17/h3-4,11-12H,5-10H2,1-2H3. The summed E-state index contributed by atoms with van der Waals surface area (Å²) in [6.45, 7) is 5.30. The van der Waals surface area contributed by atoms with Crippen molar-refractivity contribution >= 4 is 17.4 Å². The Morgan fingerprint density at radius 3 is 2.75 bits per heavy atom. The number of ketones is 1. The third kappa shape index (κ3) is 3.97. The molecule has 0 aromatic heterocycles. The molecule has 1 aliphatic heterocycles. The van der Waals surface area contributed by atoms with Gasteiger partial charge in [-0.25, -0.2) is 0 Å². The molecule has 110 valence electrons. The van der Waals surface area contributed by atoms with Gasteiger partial charge in [0.05, 0.1) is 12.1 Å². The Hall–Kier alpha value is -1.06. The van der Waals surface area contributed by atoms with Crippen LogP contribution in [0.2, 0.25) is 5.02 Å². The molecule has 20 heavy (non-hydrogen) atoms. The number of nitrogens with zero attached hydrogens (tertiary/aromatic N) is 1. The summed E-state index contributed by atoms with van der Waals surface area (Å²) in [5, 5.41) is 0.503. The smallest absolute Gasteiger partial charge is 0.165 e. The maximum Gasteiger partial charge on any atom is 0.165 e. The van der Waals surface area contributed by atoms with Crippen molar-refractivity contribution in [1.82, 2.24) is 4.90 Å². The third-order valence-electron chi connectivity index (χ3n) is 4.01. The first-order chi connectivity index (χ1) is 9.60. The number of ether oxygens (including phenoxy) is 1. The highest BCUT2D eigenvalue weighted by molar-refractivity contribution is 6.34. The molecule has 1 fully saturated rings. The molecule has 2 rings (SSSR count). The van der Waals surface area contributed by atoms with Gasteiger partial charge in [0.15, 0.2) is 5.78 Å². The summed E-state index contributed by atoms with van der Waals surface area (Å²) < 4.78 is 5.14. The highest BCUT2D eigenvalue weighted by Crippen LogP contribution is 2.23. The molecule has 0 aliphatic carbocycles. The van der Waals surface area contributed by atoms with Gasteiger partial charge in [-0.05, 0) is 50.0 Å².